The Morgan fingerprint density at radius 1 is 1.37 bits per heavy atom. The number of hydrogen-bond donors (Lipinski definition) is 1. The fourth-order valence-electron chi connectivity index (χ4n) is 2.67. The predicted octanol–water partition coefficient (Wildman–Crippen LogP) is 4.17. The summed E-state index contributed by atoms with van der Waals surface area (Å²) in [7, 11) is 0. The van der Waals surface area contributed by atoms with Crippen molar-refractivity contribution in [1.29, 1.82) is 0 Å². The maximum Gasteiger partial charge on any atom is 0.137 e. The Kier molecular flexibility index (Phi) is 5.76. The highest BCUT2D eigenvalue weighted by molar-refractivity contribution is 7.99. The summed E-state index contributed by atoms with van der Waals surface area (Å²) in [5.41, 5.74) is 1.07. The van der Waals surface area contributed by atoms with Gasteiger partial charge in [-0.05, 0) is 25.0 Å². The van der Waals surface area contributed by atoms with Gasteiger partial charge in [-0.3, -0.25) is 0 Å². The molecule has 19 heavy (non-hydrogen) atoms. The number of anilines is 1. The van der Waals surface area contributed by atoms with Crippen LogP contribution in [0.2, 0.25) is 5.15 Å². The Labute approximate surface area is 124 Å². The number of halogens is 1. The maximum atomic E-state index is 6.19. The molecule has 3 nitrogen and oxygen atoms in total. The van der Waals surface area contributed by atoms with Gasteiger partial charge in [-0.2, -0.15) is 11.8 Å². The van der Waals surface area contributed by atoms with E-state index in [9.17, 15) is 0 Å². The van der Waals surface area contributed by atoms with E-state index in [1.54, 1.807) is 6.33 Å². The molecule has 106 valence electrons. The predicted molar refractivity (Wildman–Crippen MR) is 84.2 cm³/mol. The van der Waals surface area contributed by atoms with E-state index in [2.05, 4.69) is 40.9 Å². The lowest BCUT2D eigenvalue weighted by Crippen LogP contribution is -2.27. The van der Waals surface area contributed by atoms with Gasteiger partial charge in [-0.25, -0.2) is 9.97 Å². The molecule has 1 fully saturated rings. The SMILES string of the molecule is CCCc1c(Cl)ncnc1NC1CCCC1SCC. The summed E-state index contributed by atoms with van der Waals surface area (Å²) in [5, 5.41) is 4.91. The van der Waals surface area contributed by atoms with Gasteiger partial charge in [0.15, 0.2) is 0 Å². The minimum atomic E-state index is 0.520. The third kappa shape index (κ3) is 3.76. The number of thioether (sulfide) groups is 1. The molecule has 1 aliphatic carbocycles. The largest absolute Gasteiger partial charge is 0.366 e. The summed E-state index contributed by atoms with van der Waals surface area (Å²) >= 11 is 8.25. The second-order valence-electron chi connectivity index (χ2n) is 4.92. The van der Waals surface area contributed by atoms with Crippen LogP contribution in [-0.4, -0.2) is 27.0 Å². The van der Waals surface area contributed by atoms with Crippen LogP contribution in [0, 0.1) is 0 Å². The summed E-state index contributed by atoms with van der Waals surface area (Å²) in [6, 6.07) is 0.520. The molecule has 0 spiro atoms. The van der Waals surface area contributed by atoms with Crippen molar-refractivity contribution in [2.24, 2.45) is 0 Å². The Morgan fingerprint density at radius 3 is 2.95 bits per heavy atom. The number of nitrogens with zero attached hydrogens (tertiary/aromatic N) is 2. The van der Waals surface area contributed by atoms with Crippen LogP contribution < -0.4 is 5.32 Å². The third-order valence-corrected chi connectivity index (χ3v) is 5.20. The second kappa shape index (κ2) is 7.34. The molecular weight excluding hydrogens is 278 g/mol. The van der Waals surface area contributed by atoms with Crippen LogP contribution >= 0.6 is 23.4 Å². The van der Waals surface area contributed by atoms with E-state index in [4.69, 9.17) is 11.6 Å². The number of rotatable bonds is 6. The molecule has 1 aliphatic rings. The molecule has 1 N–H and O–H groups in total. The molecule has 0 aromatic carbocycles. The van der Waals surface area contributed by atoms with Crippen molar-refractivity contribution in [2.45, 2.75) is 57.2 Å². The fourth-order valence-corrected chi connectivity index (χ4v) is 4.09. The van der Waals surface area contributed by atoms with Gasteiger partial charge in [0.1, 0.15) is 17.3 Å². The van der Waals surface area contributed by atoms with Crippen molar-refractivity contribution in [3.8, 4) is 0 Å². The van der Waals surface area contributed by atoms with Crippen molar-refractivity contribution in [3.63, 3.8) is 0 Å². The normalized spacial score (nSPS) is 22.7. The lowest BCUT2D eigenvalue weighted by Gasteiger charge is -2.22. The van der Waals surface area contributed by atoms with Gasteiger partial charge in [0.2, 0.25) is 0 Å². The first-order valence-corrected chi connectivity index (χ1v) is 8.56. The summed E-state index contributed by atoms with van der Waals surface area (Å²) in [4.78, 5) is 8.50. The summed E-state index contributed by atoms with van der Waals surface area (Å²) in [6.07, 6.45) is 7.38. The van der Waals surface area contributed by atoms with Crippen molar-refractivity contribution in [3.05, 3.63) is 17.0 Å². The van der Waals surface area contributed by atoms with Crippen molar-refractivity contribution in [1.82, 2.24) is 9.97 Å². The highest BCUT2D eigenvalue weighted by Gasteiger charge is 2.28. The van der Waals surface area contributed by atoms with Gasteiger partial charge in [-0.15, -0.1) is 0 Å². The van der Waals surface area contributed by atoms with E-state index in [0.29, 0.717) is 16.4 Å². The standard InChI is InChI=1S/C14H22ClN3S/c1-3-6-10-13(15)16-9-17-14(10)18-11-7-5-8-12(11)19-4-2/h9,11-12H,3-8H2,1-2H3,(H,16,17,18). The van der Waals surface area contributed by atoms with Crippen LogP contribution in [-0.2, 0) is 6.42 Å². The zero-order valence-corrected chi connectivity index (χ0v) is 13.2. The van der Waals surface area contributed by atoms with Gasteiger partial charge >= 0.3 is 0 Å². The van der Waals surface area contributed by atoms with Gasteiger partial charge < -0.3 is 5.32 Å². The van der Waals surface area contributed by atoms with Crippen LogP contribution in [0.3, 0.4) is 0 Å². The van der Waals surface area contributed by atoms with Crippen molar-refractivity contribution < 1.29 is 0 Å². The Bertz CT molecular complexity index is 414. The highest BCUT2D eigenvalue weighted by atomic mass is 35.5. The topological polar surface area (TPSA) is 37.8 Å². The monoisotopic (exact) mass is 299 g/mol. The lowest BCUT2D eigenvalue weighted by molar-refractivity contribution is 0.756. The van der Waals surface area contributed by atoms with Crippen LogP contribution in [0.5, 0.6) is 0 Å². The van der Waals surface area contributed by atoms with Gasteiger partial charge in [0.25, 0.3) is 0 Å². The Balaban J connectivity index is 2.11. The first-order valence-electron chi connectivity index (χ1n) is 7.13. The average molecular weight is 300 g/mol. The Morgan fingerprint density at radius 2 is 2.21 bits per heavy atom. The van der Waals surface area contributed by atoms with Gasteiger partial charge in [0, 0.05) is 16.9 Å². The van der Waals surface area contributed by atoms with E-state index in [-0.39, 0.29) is 0 Å². The molecule has 1 heterocycles. The van der Waals surface area contributed by atoms with E-state index in [1.807, 2.05) is 0 Å². The molecular formula is C14H22ClN3S. The second-order valence-corrected chi connectivity index (χ2v) is 6.79. The van der Waals surface area contributed by atoms with Crippen LogP contribution in [0.25, 0.3) is 0 Å². The molecule has 1 aromatic heterocycles. The molecule has 0 saturated heterocycles. The molecule has 1 saturated carbocycles. The van der Waals surface area contributed by atoms with Gasteiger partial charge in [0.05, 0.1) is 0 Å². The highest BCUT2D eigenvalue weighted by Crippen LogP contribution is 2.33. The molecule has 5 heteroatoms. The van der Waals surface area contributed by atoms with Crippen molar-refractivity contribution >= 4 is 29.2 Å². The first kappa shape index (κ1) is 14.9. The molecule has 2 unspecified atom stereocenters. The summed E-state index contributed by atoms with van der Waals surface area (Å²) < 4.78 is 0. The molecule has 0 amide bonds. The third-order valence-electron chi connectivity index (χ3n) is 3.55. The number of aromatic nitrogens is 2. The van der Waals surface area contributed by atoms with Crippen LogP contribution in [0.4, 0.5) is 5.82 Å². The first-order chi connectivity index (χ1) is 9.26. The van der Waals surface area contributed by atoms with Crippen LogP contribution in [0.15, 0.2) is 6.33 Å². The zero-order chi connectivity index (χ0) is 13.7. The minimum Gasteiger partial charge on any atom is -0.366 e. The fraction of sp³-hybridized carbons (Fsp3) is 0.714. The summed E-state index contributed by atoms with van der Waals surface area (Å²) in [5.74, 6) is 2.12. The molecule has 0 aliphatic heterocycles. The molecule has 1 aromatic rings. The van der Waals surface area contributed by atoms with E-state index in [0.717, 1.165) is 24.2 Å². The quantitative estimate of drug-likeness (QED) is 0.800. The van der Waals surface area contributed by atoms with Crippen LogP contribution in [0.1, 0.15) is 45.1 Å². The number of nitrogens with one attached hydrogen (secondary N) is 1. The lowest BCUT2D eigenvalue weighted by atomic mass is 10.1. The number of hydrogen-bond acceptors (Lipinski definition) is 4. The average Bonchev–Trinajstić information content (AvgIpc) is 2.82. The van der Waals surface area contributed by atoms with E-state index < -0.39 is 0 Å². The van der Waals surface area contributed by atoms with E-state index in [1.165, 1.54) is 25.0 Å². The zero-order valence-electron chi connectivity index (χ0n) is 11.7. The van der Waals surface area contributed by atoms with Crippen molar-refractivity contribution in [2.75, 3.05) is 11.1 Å². The molecule has 0 radical (unpaired) electrons. The smallest absolute Gasteiger partial charge is 0.137 e. The molecule has 0 bridgehead atoms. The summed E-state index contributed by atoms with van der Waals surface area (Å²) in [6.45, 7) is 4.38. The molecule has 2 atom stereocenters. The Hall–Kier alpha value is -0.480. The van der Waals surface area contributed by atoms with Gasteiger partial charge in [-0.1, -0.05) is 38.3 Å². The maximum absolute atomic E-state index is 6.19. The minimum absolute atomic E-state index is 0.520. The van der Waals surface area contributed by atoms with E-state index >= 15 is 0 Å². The molecule has 2 rings (SSSR count).